The maximum absolute atomic E-state index is 11.5. The number of nitrogen functional groups attached to an aromatic ring is 1. The standard InChI is InChI=1S/C10H13N3O/c1-6-10(14)12-8-4-3-7(11)5-9(8)13(6)2/h3-6H,11H2,1-2H3,(H,12,14). The molecule has 1 amide bonds. The first-order valence-corrected chi connectivity index (χ1v) is 4.53. The van der Waals surface area contributed by atoms with Crippen molar-refractivity contribution in [2.75, 3.05) is 23.0 Å². The maximum atomic E-state index is 11.5. The third-order valence-electron chi connectivity index (χ3n) is 2.62. The number of carbonyl (C=O) groups excluding carboxylic acids is 1. The Balaban J connectivity index is 2.51. The minimum Gasteiger partial charge on any atom is -0.399 e. The Morgan fingerprint density at radius 2 is 2.21 bits per heavy atom. The molecule has 1 aromatic carbocycles. The normalized spacial score (nSPS) is 20.3. The van der Waals surface area contributed by atoms with Crippen molar-refractivity contribution in [2.45, 2.75) is 13.0 Å². The fraction of sp³-hybridized carbons (Fsp3) is 0.300. The highest BCUT2D eigenvalue weighted by molar-refractivity contribution is 6.03. The van der Waals surface area contributed by atoms with Crippen molar-refractivity contribution in [3.05, 3.63) is 18.2 Å². The van der Waals surface area contributed by atoms with Gasteiger partial charge in [-0.2, -0.15) is 0 Å². The third-order valence-corrected chi connectivity index (χ3v) is 2.62. The number of rotatable bonds is 0. The van der Waals surface area contributed by atoms with Gasteiger partial charge in [0.1, 0.15) is 6.04 Å². The number of nitrogens with one attached hydrogen (secondary N) is 1. The number of carbonyl (C=O) groups is 1. The summed E-state index contributed by atoms with van der Waals surface area (Å²) >= 11 is 0. The highest BCUT2D eigenvalue weighted by atomic mass is 16.2. The number of nitrogens with zero attached hydrogens (tertiary/aromatic N) is 1. The molecule has 1 unspecified atom stereocenters. The van der Waals surface area contributed by atoms with Gasteiger partial charge in [-0.25, -0.2) is 0 Å². The minimum atomic E-state index is -0.149. The first-order chi connectivity index (χ1) is 6.59. The van der Waals surface area contributed by atoms with E-state index in [9.17, 15) is 4.79 Å². The van der Waals surface area contributed by atoms with Crippen molar-refractivity contribution in [3.63, 3.8) is 0 Å². The number of anilines is 3. The van der Waals surface area contributed by atoms with E-state index in [1.807, 2.05) is 31.0 Å². The minimum absolute atomic E-state index is 0.0183. The molecule has 4 nitrogen and oxygen atoms in total. The molecular weight excluding hydrogens is 178 g/mol. The van der Waals surface area contributed by atoms with E-state index in [1.54, 1.807) is 6.07 Å². The summed E-state index contributed by atoms with van der Waals surface area (Å²) in [5.74, 6) is 0.0183. The molecule has 1 heterocycles. The van der Waals surface area contributed by atoms with Crippen LogP contribution in [-0.4, -0.2) is 19.0 Å². The molecule has 0 saturated heterocycles. The molecule has 0 aliphatic carbocycles. The van der Waals surface area contributed by atoms with Crippen molar-refractivity contribution < 1.29 is 4.79 Å². The third kappa shape index (κ3) is 1.19. The number of hydrogen-bond acceptors (Lipinski definition) is 3. The van der Waals surface area contributed by atoms with Crippen LogP contribution >= 0.6 is 0 Å². The van der Waals surface area contributed by atoms with E-state index in [-0.39, 0.29) is 11.9 Å². The second kappa shape index (κ2) is 2.90. The first-order valence-electron chi connectivity index (χ1n) is 4.53. The molecule has 3 N–H and O–H groups in total. The summed E-state index contributed by atoms with van der Waals surface area (Å²) in [4.78, 5) is 13.4. The van der Waals surface area contributed by atoms with Crippen LogP contribution in [0.15, 0.2) is 18.2 Å². The Bertz CT molecular complexity index is 389. The number of fused-ring (bicyclic) bond motifs is 1. The highest BCUT2D eigenvalue weighted by Gasteiger charge is 2.26. The maximum Gasteiger partial charge on any atom is 0.246 e. The summed E-state index contributed by atoms with van der Waals surface area (Å²) in [6.07, 6.45) is 0. The summed E-state index contributed by atoms with van der Waals surface area (Å²) in [7, 11) is 1.89. The Hall–Kier alpha value is -1.71. The van der Waals surface area contributed by atoms with Crippen LogP contribution in [-0.2, 0) is 4.79 Å². The van der Waals surface area contributed by atoms with Gasteiger partial charge in [0.05, 0.1) is 11.4 Å². The first kappa shape index (κ1) is 8.87. The van der Waals surface area contributed by atoms with Crippen molar-refractivity contribution in [2.24, 2.45) is 0 Å². The summed E-state index contributed by atoms with van der Waals surface area (Å²) in [5, 5.41) is 2.83. The van der Waals surface area contributed by atoms with Crippen LogP contribution in [0.1, 0.15) is 6.92 Å². The Labute approximate surface area is 82.7 Å². The van der Waals surface area contributed by atoms with E-state index < -0.39 is 0 Å². The zero-order valence-electron chi connectivity index (χ0n) is 8.24. The number of benzene rings is 1. The van der Waals surface area contributed by atoms with Gasteiger partial charge in [0.25, 0.3) is 0 Å². The lowest BCUT2D eigenvalue weighted by atomic mass is 10.1. The topological polar surface area (TPSA) is 58.4 Å². The lowest BCUT2D eigenvalue weighted by Gasteiger charge is -2.33. The molecule has 0 bridgehead atoms. The van der Waals surface area contributed by atoms with Gasteiger partial charge in [0, 0.05) is 12.7 Å². The lowest BCUT2D eigenvalue weighted by Crippen LogP contribution is -2.43. The molecule has 0 fully saturated rings. The summed E-state index contributed by atoms with van der Waals surface area (Å²) in [5.41, 5.74) is 8.19. The quantitative estimate of drug-likeness (QED) is 0.602. The van der Waals surface area contributed by atoms with Crippen LogP contribution in [0, 0.1) is 0 Å². The van der Waals surface area contributed by atoms with Crippen molar-refractivity contribution in [1.29, 1.82) is 0 Å². The van der Waals surface area contributed by atoms with Gasteiger partial charge in [-0.1, -0.05) is 0 Å². The molecule has 4 heteroatoms. The van der Waals surface area contributed by atoms with E-state index in [0.717, 1.165) is 11.4 Å². The zero-order valence-corrected chi connectivity index (χ0v) is 8.24. The summed E-state index contributed by atoms with van der Waals surface area (Å²) in [6.45, 7) is 1.86. The smallest absolute Gasteiger partial charge is 0.246 e. The van der Waals surface area contributed by atoms with E-state index >= 15 is 0 Å². The molecule has 1 aromatic rings. The predicted octanol–water partition coefficient (Wildman–Crippen LogP) is 1.05. The molecule has 14 heavy (non-hydrogen) atoms. The molecule has 2 rings (SSSR count). The summed E-state index contributed by atoms with van der Waals surface area (Å²) < 4.78 is 0. The van der Waals surface area contributed by atoms with Crippen LogP contribution < -0.4 is 16.0 Å². The predicted molar refractivity (Wildman–Crippen MR) is 57.3 cm³/mol. The number of amides is 1. The molecule has 0 aromatic heterocycles. The molecule has 74 valence electrons. The van der Waals surface area contributed by atoms with Gasteiger partial charge >= 0.3 is 0 Å². The molecule has 1 aliphatic rings. The van der Waals surface area contributed by atoms with Crippen LogP contribution in [0.4, 0.5) is 17.1 Å². The van der Waals surface area contributed by atoms with E-state index in [2.05, 4.69) is 5.32 Å². The van der Waals surface area contributed by atoms with Gasteiger partial charge in [0.15, 0.2) is 0 Å². The Morgan fingerprint density at radius 1 is 1.50 bits per heavy atom. The van der Waals surface area contributed by atoms with E-state index in [1.165, 1.54) is 0 Å². The summed E-state index contributed by atoms with van der Waals surface area (Å²) in [6, 6.07) is 5.32. The second-order valence-electron chi connectivity index (χ2n) is 3.55. The molecular formula is C10H13N3O. The Morgan fingerprint density at radius 3 is 2.93 bits per heavy atom. The van der Waals surface area contributed by atoms with Crippen LogP contribution in [0.2, 0.25) is 0 Å². The lowest BCUT2D eigenvalue weighted by molar-refractivity contribution is -0.117. The van der Waals surface area contributed by atoms with Gasteiger partial charge in [-0.05, 0) is 25.1 Å². The van der Waals surface area contributed by atoms with Gasteiger partial charge in [-0.15, -0.1) is 0 Å². The van der Waals surface area contributed by atoms with Crippen molar-refractivity contribution in [3.8, 4) is 0 Å². The number of likely N-dealkylation sites (N-methyl/N-ethyl adjacent to an activating group) is 1. The Kier molecular flexibility index (Phi) is 1.84. The zero-order chi connectivity index (χ0) is 10.3. The number of hydrogen-bond donors (Lipinski definition) is 2. The molecule has 1 aliphatic heterocycles. The number of nitrogens with two attached hydrogens (primary N) is 1. The molecule has 0 spiro atoms. The van der Waals surface area contributed by atoms with Crippen molar-refractivity contribution in [1.82, 2.24) is 0 Å². The van der Waals surface area contributed by atoms with Crippen LogP contribution in [0.3, 0.4) is 0 Å². The molecule has 1 atom stereocenters. The average Bonchev–Trinajstić information content (AvgIpc) is 2.16. The van der Waals surface area contributed by atoms with Gasteiger partial charge in [-0.3, -0.25) is 4.79 Å². The molecule has 0 radical (unpaired) electrons. The van der Waals surface area contributed by atoms with Crippen LogP contribution in [0.25, 0.3) is 0 Å². The molecule has 0 saturated carbocycles. The fourth-order valence-corrected chi connectivity index (χ4v) is 1.57. The monoisotopic (exact) mass is 191 g/mol. The average molecular weight is 191 g/mol. The van der Waals surface area contributed by atoms with Crippen molar-refractivity contribution >= 4 is 23.0 Å². The van der Waals surface area contributed by atoms with Gasteiger partial charge < -0.3 is 16.0 Å². The van der Waals surface area contributed by atoms with Crippen LogP contribution in [0.5, 0.6) is 0 Å². The fourth-order valence-electron chi connectivity index (χ4n) is 1.57. The SMILES string of the molecule is CC1C(=O)Nc2ccc(N)cc2N1C. The second-order valence-corrected chi connectivity index (χ2v) is 3.55. The van der Waals surface area contributed by atoms with E-state index in [4.69, 9.17) is 5.73 Å². The van der Waals surface area contributed by atoms with Gasteiger partial charge in [0.2, 0.25) is 5.91 Å². The largest absolute Gasteiger partial charge is 0.399 e. The highest BCUT2D eigenvalue weighted by Crippen LogP contribution is 2.32. The van der Waals surface area contributed by atoms with E-state index in [0.29, 0.717) is 5.69 Å².